The Balaban J connectivity index is 2.39. The van der Waals surface area contributed by atoms with Crippen LogP contribution in [0.4, 0.5) is 5.13 Å². The molecule has 0 bridgehead atoms. The number of carbonyl (C=O) groups is 1. The molecule has 1 aromatic heterocycles. The highest BCUT2D eigenvalue weighted by molar-refractivity contribution is 7.14. The van der Waals surface area contributed by atoms with Gasteiger partial charge in [-0.3, -0.25) is 4.79 Å². The number of amides is 1. The molecule has 0 aliphatic rings. The second kappa shape index (κ2) is 4.43. The summed E-state index contributed by atoms with van der Waals surface area (Å²) in [5.41, 5.74) is 0. The van der Waals surface area contributed by atoms with Crippen molar-refractivity contribution in [1.82, 2.24) is 9.88 Å². The van der Waals surface area contributed by atoms with E-state index in [1.165, 1.54) is 16.2 Å². The highest BCUT2D eigenvalue weighted by Crippen LogP contribution is 2.18. The topological polar surface area (TPSA) is 45.2 Å². The van der Waals surface area contributed by atoms with Crippen molar-refractivity contribution in [3.05, 3.63) is 10.5 Å². The summed E-state index contributed by atoms with van der Waals surface area (Å²) in [6.07, 6.45) is 0. The zero-order valence-electron chi connectivity index (χ0n) is 7.37. The lowest BCUT2D eigenvalue weighted by Crippen LogP contribution is -2.28. The first-order valence-corrected chi connectivity index (χ1v) is 4.90. The van der Waals surface area contributed by atoms with Crippen LogP contribution in [0.5, 0.6) is 0 Å². The Morgan fingerprint density at radius 3 is 2.92 bits per heavy atom. The van der Waals surface area contributed by atoms with E-state index in [1.807, 2.05) is 0 Å². The molecule has 0 fully saturated rings. The highest BCUT2D eigenvalue weighted by atomic mass is 35.5. The lowest BCUT2D eigenvalue weighted by atomic mass is 10.5. The molecule has 0 aliphatic carbocycles. The minimum Gasteiger partial charge on any atom is -0.352 e. The summed E-state index contributed by atoms with van der Waals surface area (Å²) in [7, 11) is 3.41. The van der Waals surface area contributed by atoms with Gasteiger partial charge in [0.15, 0.2) is 5.13 Å². The lowest BCUT2D eigenvalue weighted by molar-refractivity contribution is -0.126. The van der Waals surface area contributed by atoms with Crippen molar-refractivity contribution >= 4 is 34.0 Å². The molecule has 1 N–H and O–H groups in total. The van der Waals surface area contributed by atoms with Crippen LogP contribution in [0, 0.1) is 0 Å². The molecule has 1 heterocycles. The van der Waals surface area contributed by atoms with Gasteiger partial charge >= 0.3 is 0 Å². The van der Waals surface area contributed by atoms with Gasteiger partial charge in [0.1, 0.15) is 5.15 Å². The fourth-order valence-corrected chi connectivity index (χ4v) is 1.48. The third kappa shape index (κ3) is 3.20. The Kier molecular flexibility index (Phi) is 3.50. The molecule has 1 rings (SSSR count). The van der Waals surface area contributed by atoms with E-state index >= 15 is 0 Å². The molecular formula is C7H10ClN3OS. The Bertz CT molecular complexity index is 300. The summed E-state index contributed by atoms with van der Waals surface area (Å²) in [5.74, 6) is 0.00585. The summed E-state index contributed by atoms with van der Waals surface area (Å²) in [6, 6.07) is 0. The number of likely N-dealkylation sites (N-methyl/N-ethyl adjacent to an activating group) is 1. The quantitative estimate of drug-likeness (QED) is 0.834. The van der Waals surface area contributed by atoms with Gasteiger partial charge in [-0.25, -0.2) is 4.98 Å². The van der Waals surface area contributed by atoms with Crippen molar-refractivity contribution in [2.24, 2.45) is 0 Å². The molecule has 0 saturated heterocycles. The van der Waals surface area contributed by atoms with E-state index < -0.39 is 0 Å². The molecular weight excluding hydrogens is 210 g/mol. The van der Waals surface area contributed by atoms with Gasteiger partial charge in [-0.05, 0) is 0 Å². The molecule has 13 heavy (non-hydrogen) atoms. The number of thiazole rings is 1. The fourth-order valence-electron chi connectivity index (χ4n) is 0.645. The number of aromatic nitrogens is 1. The Labute approximate surface area is 85.5 Å². The van der Waals surface area contributed by atoms with Gasteiger partial charge in [0.25, 0.3) is 0 Å². The van der Waals surface area contributed by atoms with Crippen LogP contribution in [0.25, 0.3) is 0 Å². The molecule has 0 spiro atoms. The van der Waals surface area contributed by atoms with Gasteiger partial charge < -0.3 is 10.2 Å². The molecule has 0 atom stereocenters. The second-order valence-corrected chi connectivity index (χ2v) is 3.86. The van der Waals surface area contributed by atoms with Crippen LogP contribution >= 0.6 is 22.9 Å². The van der Waals surface area contributed by atoms with E-state index in [2.05, 4.69) is 10.3 Å². The van der Waals surface area contributed by atoms with E-state index in [-0.39, 0.29) is 12.5 Å². The third-order valence-electron chi connectivity index (χ3n) is 1.37. The number of anilines is 1. The number of carbonyl (C=O) groups excluding carboxylic acids is 1. The fraction of sp³-hybridized carbons (Fsp3) is 0.429. The average molecular weight is 220 g/mol. The average Bonchev–Trinajstić information content (AvgIpc) is 2.47. The van der Waals surface area contributed by atoms with Crippen LogP contribution < -0.4 is 5.32 Å². The minimum atomic E-state index is 0.00585. The maximum absolute atomic E-state index is 11.1. The smallest absolute Gasteiger partial charge is 0.241 e. The van der Waals surface area contributed by atoms with Gasteiger partial charge in [-0.1, -0.05) is 11.6 Å². The van der Waals surface area contributed by atoms with Crippen LogP contribution in [0.2, 0.25) is 5.15 Å². The minimum absolute atomic E-state index is 0.00585. The van der Waals surface area contributed by atoms with E-state index in [1.54, 1.807) is 19.5 Å². The molecule has 1 amide bonds. The zero-order valence-corrected chi connectivity index (χ0v) is 8.95. The summed E-state index contributed by atoms with van der Waals surface area (Å²) in [4.78, 5) is 16.6. The molecule has 0 aliphatic heterocycles. The standard InChI is InChI=1S/C7H10ClN3OS/c1-11(2)6(12)3-9-7-10-5(8)4-13-7/h4H,3H2,1-2H3,(H,9,10). The van der Waals surface area contributed by atoms with Crippen LogP contribution in [0.3, 0.4) is 0 Å². The molecule has 72 valence electrons. The molecule has 0 radical (unpaired) electrons. The predicted molar refractivity (Wildman–Crippen MR) is 54.3 cm³/mol. The number of rotatable bonds is 3. The van der Waals surface area contributed by atoms with Gasteiger partial charge in [-0.2, -0.15) is 0 Å². The maximum atomic E-state index is 11.1. The normalized spacial score (nSPS) is 9.77. The van der Waals surface area contributed by atoms with Crippen LogP contribution in [0.1, 0.15) is 0 Å². The van der Waals surface area contributed by atoms with Crippen molar-refractivity contribution in [2.75, 3.05) is 26.0 Å². The molecule has 0 unspecified atom stereocenters. The number of hydrogen-bond donors (Lipinski definition) is 1. The molecule has 6 heteroatoms. The molecule has 0 aromatic carbocycles. The van der Waals surface area contributed by atoms with E-state index in [0.29, 0.717) is 10.3 Å². The number of nitrogens with one attached hydrogen (secondary N) is 1. The zero-order chi connectivity index (χ0) is 9.84. The van der Waals surface area contributed by atoms with Gasteiger partial charge in [0, 0.05) is 19.5 Å². The SMILES string of the molecule is CN(C)C(=O)CNc1nc(Cl)cs1. The summed E-state index contributed by atoms with van der Waals surface area (Å²) in [6.45, 7) is 0.247. The molecule has 1 aromatic rings. The van der Waals surface area contributed by atoms with Crippen molar-refractivity contribution < 1.29 is 4.79 Å². The van der Waals surface area contributed by atoms with Crippen LogP contribution in [-0.4, -0.2) is 36.4 Å². The van der Waals surface area contributed by atoms with Crippen molar-refractivity contribution in [2.45, 2.75) is 0 Å². The Morgan fingerprint density at radius 1 is 1.77 bits per heavy atom. The number of hydrogen-bond acceptors (Lipinski definition) is 4. The Hall–Kier alpha value is -0.810. The predicted octanol–water partition coefficient (Wildman–Crippen LogP) is 1.30. The van der Waals surface area contributed by atoms with Crippen LogP contribution in [-0.2, 0) is 4.79 Å². The van der Waals surface area contributed by atoms with Gasteiger partial charge in [0.05, 0.1) is 6.54 Å². The van der Waals surface area contributed by atoms with Gasteiger partial charge in [-0.15, -0.1) is 11.3 Å². The van der Waals surface area contributed by atoms with Crippen LogP contribution in [0.15, 0.2) is 5.38 Å². The van der Waals surface area contributed by atoms with Crippen molar-refractivity contribution in [3.8, 4) is 0 Å². The first-order valence-electron chi connectivity index (χ1n) is 3.64. The summed E-state index contributed by atoms with van der Waals surface area (Å²) in [5, 5.41) is 5.71. The number of nitrogens with zero attached hydrogens (tertiary/aromatic N) is 2. The largest absolute Gasteiger partial charge is 0.352 e. The second-order valence-electron chi connectivity index (χ2n) is 2.62. The number of halogens is 1. The van der Waals surface area contributed by atoms with Crippen molar-refractivity contribution in [1.29, 1.82) is 0 Å². The van der Waals surface area contributed by atoms with E-state index in [0.717, 1.165) is 0 Å². The summed E-state index contributed by atoms with van der Waals surface area (Å²) >= 11 is 6.98. The molecule has 4 nitrogen and oxygen atoms in total. The first kappa shape index (κ1) is 10.3. The first-order chi connectivity index (χ1) is 6.09. The summed E-state index contributed by atoms with van der Waals surface area (Å²) < 4.78 is 0. The monoisotopic (exact) mass is 219 g/mol. The van der Waals surface area contributed by atoms with E-state index in [4.69, 9.17) is 11.6 Å². The van der Waals surface area contributed by atoms with E-state index in [9.17, 15) is 4.79 Å². The third-order valence-corrected chi connectivity index (χ3v) is 2.49. The Morgan fingerprint density at radius 2 is 2.46 bits per heavy atom. The van der Waals surface area contributed by atoms with Gasteiger partial charge in [0.2, 0.25) is 5.91 Å². The molecule has 0 saturated carbocycles. The highest BCUT2D eigenvalue weighted by Gasteiger charge is 2.04. The van der Waals surface area contributed by atoms with Crippen molar-refractivity contribution in [3.63, 3.8) is 0 Å². The maximum Gasteiger partial charge on any atom is 0.241 e. The lowest BCUT2D eigenvalue weighted by Gasteiger charge is -2.09.